The molecule has 0 aliphatic carbocycles. The molecule has 7 nitrogen and oxygen atoms in total. The van der Waals surface area contributed by atoms with E-state index in [-0.39, 0.29) is 18.0 Å². The highest BCUT2D eigenvalue weighted by Gasteiger charge is 2.10. The normalized spacial score (nSPS) is 11.7. The van der Waals surface area contributed by atoms with Gasteiger partial charge in [0, 0.05) is 44.4 Å². The summed E-state index contributed by atoms with van der Waals surface area (Å²) in [4.78, 5) is 25.3. The number of anilines is 1. The van der Waals surface area contributed by atoms with Gasteiger partial charge in [-0.1, -0.05) is 12.1 Å². The Bertz CT molecular complexity index is 737. The maximum absolute atomic E-state index is 12.1. The molecule has 0 fully saturated rings. The van der Waals surface area contributed by atoms with Crippen molar-refractivity contribution in [2.75, 3.05) is 19.4 Å². The number of amides is 3. The van der Waals surface area contributed by atoms with E-state index in [1.807, 2.05) is 44.2 Å². The van der Waals surface area contributed by atoms with Crippen molar-refractivity contribution in [1.82, 2.24) is 20.4 Å². The van der Waals surface area contributed by atoms with Crippen LogP contribution in [0.15, 0.2) is 30.3 Å². The van der Waals surface area contributed by atoms with E-state index in [0.717, 1.165) is 17.0 Å². The zero-order valence-electron chi connectivity index (χ0n) is 15.8. The van der Waals surface area contributed by atoms with Crippen molar-refractivity contribution in [2.24, 2.45) is 0 Å². The van der Waals surface area contributed by atoms with Crippen LogP contribution in [0.25, 0.3) is 0 Å². The maximum atomic E-state index is 12.1. The number of carbonyl (C=O) groups is 2. The Hall–Kier alpha value is -2.83. The average Bonchev–Trinajstić information content (AvgIpc) is 2.98. The van der Waals surface area contributed by atoms with E-state index in [2.05, 4.69) is 20.8 Å². The SMILES string of the molecule is Cc1cc(C[C@H](C)NC(=O)Nc2ccc(CCC(=O)N(C)C)cc2)n[nH]1. The molecule has 0 unspecified atom stereocenters. The first kappa shape index (κ1) is 19.5. The Kier molecular flexibility index (Phi) is 6.77. The van der Waals surface area contributed by atoms with Crippen LogP contribution in [0.1, 0.15) is 30.3 Å². The minimum absolute atomic E-state index is 0.0333. The van der Waals surface area contributed by atoms with E-state index in [1.165, 1.54) is 0 Å². The second-order valence-electron chi connectivity index (χ2n) is 6.73. The molecule has 1 aromatic heterocycles. The molecule has 0 aliphatic heterocycles. The number of aromatic amines is 1. The molecule has 7 heteroatoms. The molecule has 0 saturated carbocycles. The number of carbonyl (C=O) groups excluding carboxylic acids is 2. The molecule has 1 atom stereocenters. The second-order valence-corrected chi connectivity index (χ2v) is 6.73. The highest BCUT2D eigenvalue weighted by atomic mass is 16.2. The van der Waals surface area contributed by atoms with Gasteiger partial charge >= 0.3 is 6.03 Å². The van der Waals surface area contributed by atoms with Crippen molar-refractivity contribution < 1.29 is 9.59 Å². The van der Waals surface area contributed by atoms with Crippen LogP contribution in [-0.4, -0.2) is 47.2 Å². The molecule has 3 N–H and O–H groups in total. The Morgan fingerprint density at radius 2 is 1.92 bits per heavy atom. The van der Waals surface area contributed by atoms with Crippen molar-refractivity contribution in [3.05, 3.63) is 47.3 Å². The zero-order valence-corrected chi connectivity index (χ0v) is 15.8. The third-order valence-corrected chi connectivity index (χ3v) is 3.99. The summed E-state index contributed by atoms with van der Waals surface area (Å²) in [6, 6.07) is 9.22. The topological polar surface area (TPSA) is 90.1 Å². The van der Waals surface area contributed by atoms with Gasteiger partial charge in [0.05, 0.1) is 5.69 Å². The van der Waals surface area contributed by atoms with Crippen LogP contribution in [0.3, 0.4) is 0 Å². The molecule has 1 aromatic carbocycles. The first-order valence-corrected chi connectivity index (χ1v) is 8.71. The first-order valence-electron chi connectivity index (χ1n) is 8.71. The number of nitrogens with one attached hydrogen (secondary N) is 3. The number of hydrogen-bond donors (Lipinski definition) is 3. The fraction of sp³-hybridized carbons (Fsp3) is 0.421. The molecule has 0 radical (unpaired) electrons. The molecule has 2 rings (SSSR count). The summed E-state index contributed by atoms with van der Waals surface area (Å²) >= 11 is 0. The largest absolute Gasteiger partial charge is 0.349 e. The predicted octanol–water partition coefficient (Wildman–Crippen LogP) is 2.49. The minimum Gasteiger partial charge on any atom is -0.349 e. The van der Waals surface area contributed by atoms with Gasteiger partial charge in [0.1, 0.15) is 0 Å². The molecular formula is C19H27N5O2. The highest BCUT2D eigenvalue weighted by Crippen LogP contribution is 2.11. The number of H-pyrrole nitrogens is 1. The molecular weight excluding hydrogens is 330 g/mol. The number of aryl methyl sites for hydroxylation is 2. The predicted molar refractivity (Wildman–Crippen MR) is 102 cm³/mol. The average molecular weight is 357 g/mol. The van der Waals surface area contributed by atoms with E-state index >= 15 is 0 Å². The maximum Gasteiger partial charge on any atom is 0.319 e. The molecule has 1 heterocycles. The molecule has 140 valence electrons. The van der Waals surface area contributed by atoms with Crippen LogP contribution in [0.5, 0.6) is 0 Å². The third-order valence-electron chi connectivity index (χ3n) is 3.99. The highest BCUT2D eigenvalue weighted by molar-refractivity contribution is 5.89. The Morgan fingerprint density at radius 1 is 1.23 bits per heavy atom. The number of rotatable bonds is 7. The Balaban J connectivity index is 1.78. The van der Waals surface area contributed by atoms with Crippen molar-refractivity contribution in [2.45, 2.75) is 39.2 Å². The molecule has 0 bridgehead atoms. The summed E-state index contributed by atoms with van der Waals surface area (Å²) < 4.78 is 0. The lowest BCUT2D eigenvalue weighted by molar-refractivity contribution is -0.128. The minimum atomic E-state index is -0.250. The van der Waals surface area contributed by atoms with Crippen LogP contribution in [0.4, 0.5) is 10.5 Å². The van der Waals surface area contributed by atoms with Crippen molar-refractivity contribution in [1.29, 1.82) is 0 Å². The lowest BCUT2D eigenvalue weighted by Gasteiger charge is -2.14. The first-order chi connectivity index (χ1) is 12.3. The van der Waals surface area contributed by atoms with Gasteiger partial charge in [0.15, 0.2) is 0 Å². The monoisotopic (exact) mass is 357 g/mol. The fourth-order valence-electron chi connectivity index (χ4n) is 2.56. The summed E-state index contributed by atoms with van der Waals surface area (Å²) in [5, 5.41) is 12.8. The zero-order chi connectivity index (χ0) is 19.1. The van der Waals surface area contributed by atoms with Gasteiger partial charge in [-0.3, -0.25) is 9.89 Å². The number of hydrogen-bond acceptors (Lipinski definition) is 3. The standard InChI is InChI=1S/C19H27N5O2/c1-13(11-17-12-14(2)22-23-17)20-19(26)21-16-8-5-15(6-9-16)7-10-18(25)24(3)4/h5-6,8-9,12-13H,7,10-11H2,1-4H3,(H,22,23)(H2,20,21,26)/t13-/m0/s1. The Morgan fingerprint density at radius 3 is 2.50 bits per heavy atom. The summed E-state index contributed by atoms with van der Waals surface area (Å²) in [6.07, 6.45) is 1.82. The number of benzene rings is 1. The van der Waals surface area contributed by atoms with Crippen LogP contribution < -0.4 is 10.6 Å². The summed E-state index contributed by atoms with van der Waals surface area (Å²) in [5.41, 5.74) is 3.71. The smallest absolute Gasteiger partial charge is 0.319 e. The van der Waals surface area contributed by atoms with E-state index < -0.39 is 0 Å². The molecule has 0 aliphatic rings. The number of nitrogens with zero attached hydrogens (tertiary/aromatic N) is 2. The van der Waals surface area contributed by atoms with Crippen LogP contribution in [0, 0.1) is 6.92 Å². The van der Waals surface area contributed by atoms with Gasteiger partial charge < -0.3 is 15.5 Å². The fourth-order valence-corrected chi connectivity index (χ4v) is 2.56. The van der Waals surface area contributed by atoms with Gasteiger partial charge in [0.25, 0.3) is 0 Å². The van der Waals surface area contributed by atoms with Gasteiger partial charge in [-0.15, -0.1) is 0 Å². The third kappa shape index (κ3) is 6.23. The molecule has 2 aromatic rings. The van der Waals surface area contributed by atoms with Gasteiger partial charge in [0.2, 0.25) is 5.91 Å². The molecule has 0 spiro atoms. The van der Waals surface area contributed by atoms with E-state index in [9.17, 15) is 9.59 Å². The quantitative estimate of drug-likeness (QED) is 0.711. The molecule has 0 saturated heterocycles. The summed E-state index contributed by atoms with van der Waals surface area (Å²) in [5.74, 6) is 0.104. The Labute approximate surface area is 154 Å². The lowest BCUT2D eigenvalue weighted by Crippen LogP contribution is -2.37. The van der Waals surface area contributed by atoms with Crippen molar-refractivity contribution in [3.8, 4) is 0 Å². The summed E-state index contributed by atoms with van der Waals surface area (Å²) in [6.45, 7) is 3.88. The van der Waals surface area contributed by atoms with E-state index in [0.29, 0.717) is 24.9 Å². The number of aromatic nitrogens is 2. The van der Waals surface area contributed by atoms with Gasteiger partial charge in [-0.05, 0) is 44.0 Å². The summed E-state index contributed by atoms with van der Waals surface area (Å²) in [7, 11) is 3.50. The van der Waals surface area contributed by atoms with Gasteiger partial charge in [-0.2, -0.15) is 5.10 Å². The van der Waals surface area contributed by atoms with Crippen LogP contribution >= 0.6 is 0 Å². The second kappa shape index (κ2) is 9.03. The number of urea groups is 1. The molecule has 3 amide bonds. The van der Waals surface area contributed by atoms with Crippen molar-refractivity contribution >= 4 is 17.6 Å². The van der Waals surface area contributed by atoms with Crippen molar-refractivity contribution in [3.63, 3.8) is 0 Å². The van der Waals surface area contributed by atoms with Crippen LogP contribution in [-0.2, 0) is 17.6 Å². The molecule has 26 heavy (non-hydrogen) atoms. The van der Waals surface area contributed by atoms with E-state index in [1.54, 1.807) is 19.0 Å². The van der Waals surface area contributed by atoms with Gasteiger partial charge in [-0.25, -0.2) is 4.79 Å². The van der Waals surface area contributed by atoms with E-state index in [4.69, 9.17) is 0 Å². The lowest BCUT2D eigenvalue weighted by atomic mass is 10.1. The van der Waals surface area contributed by atoms with Crippen LogP contribution in [0.2, 0.25) is 0 Å².